The quantitative estimate of drug-likeness (QED) is 0.860. The Kier molecular flexibility index (Phi) is 5.46. The lowest BCUT2D eigenvalue weighted by Crippen LogP contribution is -2.51. The maximum atomic E-state index is 12.5. The van der Waals surface area contributed by atoms with Crippen LogP contribution in [0.1, 0.15) is 10.4 Å². The van der Waals surface area contributed by atoms with E-state index in [1.165, 1.54) is 0 Å². The number of urea groups is 1. The Morgan fingerprint density at radius 2 is 1.48 bits per heavy atom. The molecule has 130 valence electrons. The van der Waals surface area contributed by atoms with Gasteiger partial charge in [0.2, 0.25) is 0 Å². The first-order chi connectivity index (χ1) is 12.0. The maximum Gasteiger partial charge on any atom is 0.321 e. The summed E-state index contributed by atoms with van der Waals surface area (Å²) in [5.74, 6) is -0.0692. The number of rotatable bonds is 2. The predicted molar refractivity (Wildman–Crippen MR) is 99.4 cm³/mol. The van der Waals surface area contributed by atoms with E-state index in [0.717, 1.165) is 0 Å². The molecule has 1 heterocycles. The first-order valence-electron chi connectivity index (χ1n) is 7.89. The topological polar surface area (TPSA) is 52.7 Å². The minimum Gasteiger partial charge on any atom is -0.335 e. The molecule has 0 atom stereocenters. The van der Waals surface area contributed by atoms with E-state index in [1.807, 2.05) is 0 Å². The number of hydrogen-bond acceptors (Lipinski definition) is 2. The Hall–Kier alpha value is -2.24. The van der Waals surface area contributed by atoms with Crippen LogP contribution >= 0.6 is 23.2 Å². The molecule has 1 aliphatic rings. The molecule has 1 saturated heterocycles. The van der Waals surface area contributed by atoms with Crippen LogP contribution in [0.3, 0.4) is 0 Å². The van der Waals surface area contributed by atoms with Crippen molar-refractivity contribution < 1.29 is 9.59 Å². The van der Waals surface area contributed by atoms with Crippen LogP contribution in [-0.4, -0.2) is 47.9 Å². The van der Waals surface area contributed by atoms with Gasteiger partial charge < -0.3 is 15.1 Å². The molecule has 7 heteroatoms. The van der Waals surface area contributed by atoms with Crippen LogP contribution < -0.4 is 5.32 Å². The SMILES string of the molecule is O=C(Nc1ccc(Cl)cc1)N1CCN(C(=O)c2cccc(Cl)c2)CC1. The first-order valence-corrected chi connectivity index (χ1v) is 8.65. The van der Waals surface area contributed by atoms with Gasteiger partial charge in [-0.25, -0.2) is 4.79 Å². The van der Waals surface area contributed by atoms with E-state index in [2.05, 4.69) is 5.32 Å². The van der Waals surface area contributed by atoms with Crippen molar-refractivity contribution in [3.63, 3.8) is 0 Å². The molecule has 5 nitrogen and oxygen atoms in total. The third kappa shape index (κ3) is 4.44. The number of halogens is 2. The van der Waals surface area contributed by atoms with Gasteiger partial charge in [0.05, 0.1) is 0 Å². The van der Waals surface area contributed by atoms with Gasteiger partial charge in [0, 0.05) is 47.5 Å². The molecule has 0 spiro atoms. The molecule has 0 aromatic heterocycles. The van der Waals surface area contributed by atoms with Gasteiger partial charge in [-0.15, -0.1) is 0 Å². The zero-order valence-corrected chi connectivity index (χ0v) is 14.9. The summed E-state index contributed by atoms with van der Waals surface area (Å²) in [6, 6.07) is 13.6. The van der Waals surface area contributed by atoms with E-state index in [-0.39, 0.29) is 11.9 Å². The van der Waals surface area contributed by atoms with Crippen LogP contribution in [0, 0.1) is 0 Å². The highest BCUT2D eigenvalue weighted by atomic mass is 35.5. The molecule has 2 aromatic carbocycles. The Balaban J connectivity index is 1.55. The molecule has 0 unspecified atom stereocenters. The molecular formula is C18H17Cl2N3O2. The van der Waals surface area contributed by atoms with Crippen LogP contribution in [0.25, 0.3) is 0 Å². The fraction of sp³-hybridized carbons (Fsp3) is 0.222. The summed E-state index contributed by atoms with van der Waals surface area (Å²) in [5.41, 5.74) is 1.25. The summed E-state index contributed by atoms with van der Waals surface area (Å²) in [6.45, 7) is 1.93. The van der Waals surface area contributed by atoms with Gasteiger partial charge in [-0.1, -0.05) is 29.3 Å². The standard InChI is InChI=1S/C18H17Cl2N3O2/c19-14-4-6-16(7-5-14)21-18(25)23-10-8-22(9-11-23)17(24)13-2-1-3-15(20)12-13/h1-7,12H,8-11H2,(H,21,25). The summed E-state index contributed by atoms with van der Waals surface area (Å²) >= 11 is 11.8. The number of anilines is 1. The molecule has 0 bridgehead atoms. The Morgan fingerprint density at radius 3 is 2.12 bits per heavy atom. The fourth-order valence-electron chi connectivity index (χ4n) is 2.65. The number of carbonyl (C=O) groups excluding carboxylic acids is 2. The average Bonchev–Trinajstić information content (AvgIpc) is 2.63. The molecule has 0 aliphatic carbocycles. The van der Waals surface area contributed by atoms with Crippen LogP contribution in [0.5, 0.6) is 0 Å². The van der Waals surface area contributed by atoms with Crippen molar-refractivity contribution in [2.24, 2.45) is 0 Å². The molecule has 3 amide bonds. The first kappa shape index (κ1) is 17.6. The Bertz CT molecular complexity index is 772. The lowest BCUT2D eigenvalue weighted by atomic mass is 10.2. The number of nitrogens with one attached hydrogen (secondary N) is 1. The van der Waals surface area contributed by atoms with Crippen LogP contribution in [0.15, 0.2) is 48.5 Å². The molecule has 25 heavy (non-hydrogen) atoms. The number of hydrogen-bond donors (Lipinski definition) is 1. The van der Waals surface area contributed by atoms with Crippen molar-refractivity contribution in [1.29, 1.82) is 0 Å². The van der Waals surface area contributed by atoms with Crippen molar-refractivity contribution in [3.8, 4) is 0 Å². The van der Waals surface area contributed by atoms with Gasteiger partial charge in [-0.2, -0.15) is 0 Å². The second-order valence-electron chi connectivity index (χ2n) is 5.73. The Labute approximate surface area is 156 Å². The van der Waals surface area contributed by atoms with Crippen molar-refractivity contribution in [3.05, 3.63) is 64.1 Å². The summed E-state index contributed by atoms with van der Waals surface area (Å²) in [4.78, 5) is 28.2. The van der Waals surface area contributed by atoms with Gasteiger partial charge >= 0.3 is 6.03 Å². The predicted octanol–water partition coefficient (Wildman–Crippen LogP) is 3.98. The van der Waals surface area contributed by atoms with E-state index < -0.39 is 0 Å². The van der Waals surface area contributed by atoms with Crippen LogP contribution in [-0.2, 0) is 0 Å². The molecule has 3 rings (SSSR count). The van der Waals surface area contributed by atoms with E-state index in [4.69, 9.17) is 23.2 Å². The molecule has 0 saturated carbocycles. The molecule has 2 aromatic rings. The summed E-state index contributed by atoms with van der Waals surface area (Å²) in [7, 11) is 0. The number of nitrogens with zero attached hydrogens (tertiary/aromatic N) is 2. The molecule has 1 N–H and O–H groups in total. The lowest BCUT2D eigenvalue weighted by Gasteiger charge is -2.34. The smallest absolute Gasteiger partial charge is 0.321 e. The van der Waals surface area contributed by atoms with Crippen molar-refractivity contribution >= 4 is 40.8 Å². The van der Waals surface area contributed by atoms with Crippen LogP contribution in [0.4, 0.5) is 10.5 Å². The Morgan fingerprint density at radius 1 is 0.840 bits per heavy atom. The molecule has 1 aliphatic heterocycles. The highest BCUT2D eigenvalue weighted by Gasteiger charge is 2.25. The zero-order valence-electron chi connectivity index (χ0n) is 13.4. The summed E-state index contributed by atoms with van der Waals surface area (Å²) in [5, 5.41) is 3.98. The second kappa shape index (κ2) is 7.76. The molecular weight excluding hydrogens is 361 g/mol. The normalized spacial score (nSPS) is 14.3. The maximum absolute atomic E-state index is 12.5. The average molecular weight is 378 g/mol. The number of piperazine rings is 1. The largest absolute Gasteiger partial charge is 0.335 e. The monoisotopic (exact) mass is 377 g/mol. The van der Waals surface area contributed by atoms with E-state index in [0.29, 0.717) is 47.5 Å². The van der Waals surface area contributed by atoms with Gasteiger partial charge in [0.1, 0.15) is 0 Å². The molecule has 0 radical (unpaired) electrons. The zero-order chi connectivity index (χ0) is 17.8. The number of amides is 3. The van der Waals surface area contributed by atoms with E-state index in [1.54, 1.807) is 58.3 Å². The van der Waals surface area contributed by atoms with Gasteiger partial charge in [0.25, 0.3) is 5.91 Å². The number of benzene rings is 2. The van der Waals surface area contributed by atoms with Crippen molar-refractivity contribution in [2.45, 2.75) is 0 Å². The fourth-order valence-corrected chi connectivity index (χ4v) is 2.97. The third-order valence-corrected chi connectivity index (χ3v) is 4.51. The van der Waals surface area contributed by atoms with E-state index >= 15 is 0 Å². The highest BCUT2D eigenvalue weighted by Crippen LogP contribution is 2.16. The second-order valence-corrected chi connectivity index (χ2v) is 6.60. The van der Waals surface area contributed by atoms with Crippen molar-refractivity contribution in [1.82, 2.24) is 9.80 Å². The summed E-state index contributed by atoms with van der Waals surface area (Å²) in [6.07, 6.45) is 0. The van der Waals surface area contributed by atoms with Gasteiger partial charge in [-0.05, 0) is 42.5 Å². The van der Waals surface area contributed by atoms with Crippen LogP contribution in [0.2, 0.25) is 10.0 Å². The van der Waals surface area contributed by atoms with Gasteiger partial charge in [-0.3, -0.25) is 4.79 Å². The lowest BCUT2D eigenvalue weighted by molar-refractivity contribution is 0.0671. The minimum atomic E-state index is -0.183. The van der Waals surface area contributed by atoms with E-state index in [9.17, 15) is 9.59 Å². The third-order valence-electron chi connectivity index (χ3n) is 4.02. The van der Waals surface area contributed by atoms with Crippen molar-refractivity contribution in [2.75, 3.05) is 31.5 Å². The summed E-state index contributed by atoms with van der Waals surface area (Å²) < 4.78 is 0. The number of carbonyl (C=O) groups is 2. The minimum absolute atomic E-state index is 0.0692. The van der Waals surface area contributed by atoms with Gasteiger partial charge in [0.15, 0.2) is 0 Å². The molecule has 1 fully saturated rings. The highest BCUT2D eigenvalue weighted by molar-refractivity contribution is 6.31.